The summed E-state index contributed by atoms with van der Waals surface area (Å²) < 4.78 is 0.996. The fraction of sp³-hybridized carbons (Fsp3) is 0.471. The van der Waals surface area contributed by atoms with Crippen LogP contribution in [0.2, 0.25) is 0 Å². The van der Waals surface area contributed by atoms with E-state index in [4.69, 9.17) is 5.11 Å². The summed E-state index contributed by atoms with van der Waals surface area (Å²) in [5.41, 5.74) is 0.393. The number of fused-ring (bicyclic) bond motifs is 1. The van der Waals surface area contributed by atoms with E-state index in [2.05, 4.69) is 4.98 Å². The Labute approximate surface area is 154 Å². The van der Waals surface area contributed by atoms with Crippen molar-refractivity contribution in [3.8, 4) is 0 Å². The molecule has 0 aliphatic heterocycles. The number of nitrogens with zero attached hydrogens (tertiary/aromatic N) is 3. The zero-order chi connectivity index (χ0) is 20.5. The predicted molar refractivity (Wildman–Crippen MR) is 97.1 cm³/mol. The molecule has 0 aliphatic rings. The highest BCUT2D eigenvalue weighted by Gasteiger charge is 2.27. The Morgan fingerprint density at radius 2 is 1.85 bits per heavy atom. The van der Waals surface area contributed by atoms with Gasteiger partial charge in [0.25, 0.3) is 5.56 Å². The zero-order valence-corrected chi connectivity index (χ0v) is 15.2. The van der Waals surface area contributed by atoms with Crippen molar-refractivity contribution < 1.29 is 30.3 Å². The van der Waals surface area contributed by atoms with Crippen LogP contribution in [0.4, 0.5) is 5.69 Å². The number of aliphatic hydroxyl groups excluding tert-OH is 4. The summed E-state index contributed by atoms with van der Waals surface area (Å²) in [6, 6.07) is 3.25. The minimum absolute atomic E-state index is 0.236. The van der Waals surface area contributed by atoms with Gasteiger partial charge < -0.3 is 35.0 Å². The number of hydrogen-bond donors (Lipinski definition) is 5. The molecule has 2 rings (SSSR count). The van der Waals surface area contributed by atoms with Crippen LogP contribution in [0.3, 0.4) is 0 Å². The number of aliphatic hydroxyl groups is 4. The molecule has 0 saturated carbocycles. The van der Waals surface area contributed by atoms with Crippen LogP contribution < -0.4 is 10.5 Å². The van der Waals surface area contributed by atoms with Gasteiger partial charge in [-0.1, -0.05) is 0 Å². The first-order valence-corrected chi connectivity index (χ1v) is 8.19. The summed E-state index contributed by atoms with van der Waals surface area (Å²) in [4.78, 5) is 29.7. The molecule has 1 heterocycles. The van der Waals surface area contributed by atoms with Crippen molar-refractivity contribution in [1.29, 1.82) is 0 Å². The Balaban J connectivity index is 2.70. The molecule has 1 aromatic carbocycles. The summed E-state index contributed by atoms with van der Waals surface area (Å²) in [6.07, 6.45) is -4.96. The van der Waals surface area contributed by atoms with Crippen LogP contribution in [-0.2, 0) is 6.54 Å². The van der Waals surface area contributed by atoms with Gasteiger partial charge in [-0.3, -0.25) is 4.79 Å². The van der Waals surface area contributed by atoms with E-state index in [0.29, 0.717) is 0 Å². The van der Waals surface area contributed by atoms with E-state index in [1.807, 2.05) is 6.92 Å². The number of hydrogen-bond acceptors (Lipinski definition) is 8. The molecule has 10 nitrogen and oxygen atoms in total. The third-order valence-electron chi connectivity index (χ3n) is 4.29. The second kappa shape index (κ2) is 8.01. The van der Waals surface area contributed by atoms with Crippen molar-refractivity contribution in [3.63, 3.8) is 0 Å². The average Bonchev–Trinajstić information content (AvgIpc) is 2.61. The molecule has 0 saturated heterocycles. The summed E-state index contributed by atoms with van der Waals surface area (Å²) in [6.45, 7) is 0.531. The first kappa shape index (κ1) is 20.8. The van der Waals surface area contributed by atoms with Gasteiger partial charge in [0.15, 0.2) is 0 Å². The van der Waals surface area contributed by atoms with Gasteiger partial charge in [0, 0.05) is 19.8 Å². The Kier molecular flexibility index (Phi) is 6.16. The highest BCUT2D eigenvalue weighted by atomic mass is 16.4. The molecule has 0 fully saturated rings. The van der Waals surface area contributed by atoms with Gasteiger partial charge in [-0.15, -0.1) is 0 Å². The van der Waals surface area contributed by atoms with E-state index in [0.717, 1.165) is 15.8 Å². The van der Waals surface area contributed by atoms with E-state index in [9.17, 15) is 30.0 Å². The van der Waals surface area contributed by atoms with Crippen LogP contribution in [-0.4, -0.2) is 80.1 Å². The van der Waals surface area contributed by atoms with Crippen molar-refractivity contribution >= 4 is 22.7 Å². The molecule has 0 aliphatic carbocycles. The smallest absolute Gasteiger partial charge is 0.360 e. The molecule has 2 aromatic rings. The molecule has 148 valence electrons. The van der Waals surface area contributed by atoms with E-state index in [1.54, 1.807) is 31.1 Å². The lowest BCUT2D eigenvalue weighted by Gasteiger charge is -2.24. The lowest BCUT2D eigenvalue weighted by Crippen LogP contribution is -2.43. The average molecular weight is 381 g/mol. The molecule has 0 radical (unpaired) electrons. The molecule has 3 atom stereocenters. The standard InChI is InChI=1S/C17H23N3O7/c1-8-4-9-11(5-10(8)19(2)3)20(16(25)14(18-9)17(26)27)6-12(22)15(24)13(23)7-21/h4-5,12-13,15,21-24H,6-7H2,1-3H3,(H,26,27). The second-order valence-electron chi connectivity index (χ2n) is 6.51. The van der Waals surface area contributed by atoms with E-state index >= 15 is 0 Å². The molecule has 10 heteroatoms. The Bertz CT molecular complexity index is 910. The van der Waals surface area contributed by atoms with E-state index in [-0.39, 0.29) is 11.0 Å². The maximum atomic E-state index is 12.6. The largest absolute Gasteiger partial charge is 0.476 e. The summed E-state index contributed by atoms with van der Waals surface area (Å²) in [5.74, 6) is -1.52. The van der Waals surface area contributed by atoms with Gasteiger partial charge in [0.2, 0.25) is 5.69 Å². The maximum Gasteiger partial charge on any atom is 0.360 e. The number of aromatic carboxylic acids is 1. The fourth-order valence-corrected chi connectivity index (χ4v) is 2.84. The molecule has 0 amide bonds. The topological polar surface area (TPSA) is 156 Å². The number of carbonyl (C=O) groups is 1. The third kappa shape index (κ3) is 4.08. The monoisotopic (exact) mass is 381 g/mol. The highest BCUT2D eigenvalue weighted by Crippen LogP contribution is 2.24. The predicted octanol–water partition coefficient (Wildman–Crippen LogP) is -1.46. The number of benzene rings is 1. The third-order valence-corrected chi connectivity index (χ3v) is 4.29. The van der Waals surface area contributed by atoms with Crippen LogP contribution >= 0.6 is 0 Å². The Morgan fingerprint density at radius 1 is 1.22 bits per heavy atom. The Morgan fingerprint density at radius 3 is 2.37 bits per heavy atom. The molecular weight excluding hydrogens is 358 g/mol. The molecule has 5 N–H and O–H groups in total. The lowest BCUT2D eigenvalue weighted by atomic mass is 10.1. The molecular formula is C17H23N3O7. The number of anilines is 1. The molecule has 0 spiro atoms. The quantitative estimate of drug-likeness (QED) is 0.387. The van der Waals surface area contributed by atoms with Crippen molar-refractivity contribution in [3.05, 3.63) is 33.7 Å². The molecule has 27 heavy (non-hydrogen) atoms. The number of carboxylic acid groups (broad SMARTS) is 1. The SMILES string of the molecule is Cc1cc2nc(C(=O)O)c(=O)n(CC(O)C(O)C(O)CO)c2cc1N(C)C. The van der Waals surface area contributed by atoms with Crippen molar-refractivity contribution in [2.75, 3.05) is 25.6 Å². The van der Waals surface area contributed by atoms with Gasteiger partial charge >= 0.3 is 5.97 Å². The van der Waals surface area contributed by atoms with Crippen LogP contribution in [0.25, 0.3) is 11.0 Å². The van der Waals surface area contributed by atoms with Crippen molar-refractivity contribution in [2.45, 2.75) is 31.8 Å². The second-order valence-corrected chi connectivity index (χ2v) is 6.51. The summed E-state index contributed by atoms with van der Waals surface area (Å²) >= 11 is 0. The van der Waals surface area contributed by atoms with Crippen molar-refractivity contribution in [1.82, 2.24) is 9.55 Å². The first-order chi connectivity index (χ1) is 12.6. The van der Waals surface area contributed by atoms with E-state index in [1.165, 1.54) is 0 Å². The van der Waals surface area contributed by atoms with Gasteiger partial charge in [-0.25, -0.2) is 9.78 Å². The van der Waals surface area contributed by atoms with Crippen LogP contribution in [0.15, 0.2) is 16.9 Å². The van der Waals surface area contributed by atoms with Crippen LogP contribution in [0.1, 0.15) is 16.1 Å². The number of aromatic nitrogens is 2. The first-order valence-electron chi connectivity index (χ1n) is 8.19. The summed E-state index contributed by atoms with van der Waals surface area (Å²) in [7, 11) is 3.59. The number of aryl methyl sites for hydroxylation is 1. The minimum Gasteiger partial charge on any atom is -0.476 e. The summed E-state index contributed by atoms with van der Waals surface area (Å²) in [5, 5.41) is 47.7. The van der Waals surface area contributed by atoms with Crippen molar-refractivity contribution in [2.24, 2.45) is 0 Å². The number of rotatable bonds is 7. The highest BCUT2D eigenvalue weighted by molar-refractivity contribution is 5.89. The van der Waals surface area contributed by atoms with Gasteiger partial charge in [-0.2, -0.15) is 0 Å². The Hall–Kier alpha value is -2.53. The molecule has 1 aromatic heterocycles. The van der Waals surface area contributed by atoms with Crippen LogP contribution in [0, 0.1) is 6.92 Å². The lowest BCUT2D eigenvalue weighted by molar-refractivity contribution is -0.0805. The van der Waals surface area contributed by atoms with Gasteiger partial charge in [0.05, 0.1) is 24.2 Å². The fourth-order valence-electron chi connectivity index (χ4n) is 2.84. The zero-order valence-electron chi connectivity index (χ0n) is 15.2. The normalized spacial score (nSPS) is 14.8. The minimum atomic E-state index is -1.72. The maximum absolute atomic E-state index is 12.6. The van der Waals surface area contributed by atoms with Gasteiger partial charge in [-0.05, 0) is 24.6 Å². The van der Waals surface area contributed by atoms with Gasteiger partial charge in [0.1, 0.15) is 18.3 Å². The number of carboxylic acids is 1. The molecule has 0 bridgehead atoms. The van der Waals surface area contributed by atoms with Crippen LogP contribution in [0.5, 0.6) is 0 Å². The van der Waals surface area contributed by atoms with E-state index < -0.39 is 48.7 Å². The molecule has 3 unspecified atom stereocenters.